The highest BCUT2D eigenvalue weighted by Crippen LogP contribution is 2.29. The third kappa shape index (κ3) is 3.34. The predicted octanol–water partition coefficient (Wildman–Crippen LogP) is 2.61. The van der Waals surface area contributed by atoms with E-state index in [1.807, 2.05) is 42.5 Å². The van der Waals surface area contributed by atoms with E-state index in [1.54, 1.807) is 18.1 Å². The largest absolute Gasteiger partial charge is 0.497 e. The van der Waals surface area contributed by atoms with Gasteiger partial charge < -0.3 is 15.0 Å². The van der Waals surface area contributed by atoms with E-state index >= 15 is 0 Å². The number of ether oxygens (including phenoxy) is 1. The van der Waals surface area contributed by atoms with Gasteiger partial charge in [-0.05, 0) is 36.2 Å². The fourth-order valence-corrected chi connectivity index (χ4v) is 2.63. The number of benzene rings is 2. The SMILES string of the molecule is COc1ccc(CCC(=O)N2CC(=O)Nc3ccccc32)cc1. The molecule has 0 saturated heterocycles. The first-order valence-corrected chi connectivity index (χ1v) is 7.49. The zero-order valence-corrected chi connectivity index (χ0v) is 12.9. The molecule has 0 radical (unpaired) electrons. The van der Waals surface area contributed by atoms with Crippen LogP contribution >= 0.6 is 0 Å². The Kier molecular flexibility index (Phi) is 4.28. The van der Waals surface area contributed by atoms with Crippen LogP contribution in [0.3, 0.4) is 0 Å². The molecule has 0 aromatic heterocycles. The van der Waals surface area contributed by atoms with Gasteiger partial charge in [0, 0.05) is 6.42 Å². The van der Waals surface area contributed by atoms with Crippen LogP contribution in [0.25, 0.3) is 0 Å². The highest BCUT2D eigenvalue weighted by molar-refractivity contribution is 6.09. The van der Waals surface area contributed by atoms with Crippen molar-refractivity contribution in [2.24, 2.45) is 0 Å². The molecule has 3 rings (SSSR count). The lowest BCUT2D eigenvalue weighted by Crippen LogP contribution is -2.42. The second-order valence-electron chi connectivity index (χ2n) is 5.39. The first-order valence-electron chi connectivity index (χ1n) is 7.49. The Bertz CT molecular complexity index is 725. The van der Waals surface area contributed by atoms with Gasteiger partial charge in [-0.2, -0.15) is 0 Å². The first kappa shape index (κ1) is 15.1. The Morgan fingerprint density at radius 1 is 1.17 bits per heavy atom. The molecule has 0 unspecified atom stereocenters. The summed E-state index contributed by atoms with van der Waals surface area (Å²) in [7, 11) is 1.62. The van der Waals surface area contributed by atoms with Crippen LogP contribution in [0.5, 0.6) is 5.75 Å². The van der Waals surface area contributed by atoms with Crippen molar-refractivity contribution in [1.29, 1.82) is 0 Å². The third-order valence-corrected chi connectivity index (χ3v) is 3.86. The number of nitrogens with zero attached hydrogens (tertiary/aromatic N) is 1. The number of hydrogen-bond acceptors (Lipinski definition) is 3. The van der Waals surface area contributed by atoms with Crippen LogP contribution in [0.1, 0.15) is 12.0 Å². The lowest BCUT2D eigenvalue weighted by atomic mass is 10.1. The molecule has 5 nitrogen and oxygen atoms in total. The van der Waals surface area contributed by atoms with Gasteiger partial charge in [-0.25, -0.2) is 0 Å². The smallest absolute Gasteiger partial charge is 0.244 e. The fourth-order valence-electron chi connectivity index (χ4n) is 2.63. The van der Waals surface area contributed by atoms with Gasteiger partial charge in [-0.15, -0.1) is 0 Å². The van der Waals surface area contributed by atoms with Crippen molar-refractivity contribution in [2.75, 3.05) is 23.9 Å². The van der Waals surface area contributed by atoms with E-state index in [4.69, 9.17) is 4.74 Å². The minimum Gasteiger partial charge on any atom is -0.497 e. The summed E-state index contributed by atoms with van der Waals surface area (Å²) in [5, 5.41) is 2.78. The van der Waals surface area contributed by atoms with E-state index in [9.17, 15) is 9.59 Å². The quantitative estimate of drug-likeness (QED) is 0.944. The summed E-state index contributed by atoms with van der Waals surface area (Å²) in [4.78, 5) is 25.8. The Hall–Kier alpha value is -2.82. The summed E-state index contributed by atoms with van der Waals surface area (Å²) in [6, 6.07) is 15.0. The average Bonchev–Trinajstić information content (AvgIpc) is 2.59. The van der Waals surface area contributed by atoms with Crippen LogP contribution in [0.2, 0.25) is 0 Å². The molecule has 1 aliphatic heterocycles. The van der Waals surface area contributed by atoms with Crippen molar-refractivity contribution in [3.05, 3.63) is 54.1 Å². The molecule has 0 saturated carbocycles. The minimum absolute atomic E-state index is 0.0527. The number of fused-ring (bicyclic) bond motifs is 1. The molecule has 5 heteroatoms. The van der Waals surface area contributed by atoms with E-state index in [2.05, 4.69) is 5.32 Å². The Morgan fingerprint density at radius 2 is 1.91 bits per heavy atom. The molecule has 23 heavy (non-hydrogen) atoms. The first-order chi connectivity index (χ1) is 11.2. The number of aryl methyl sites for hydroxylation is 1. The summed E-state index contributed by atoms with van der Waals surface area (Å²) >= 11 is 0. The second kappa shape index (κ2) is 6.52. The molecule has 2 amide bonds. The number of hydrogen-bond donors (Lipinski definition) is 1. The summed E-state index contributed by atoms with van der Waals surface area (Å²) in [6.07, 6.45) is 0.983. The molecule has 0 atom stereocenters. The standard InChI is InChI=1S/C18H18N2O3/c1-23-14-9-6-13(7-10-14)8-11-18(22)20-12-17(21)19-15-4-2-3-5-16(15)20/h2-7,9-10H,8,11-12H2,1H3,(H,19,21). The van der Waals surface area contributed by atoms with Crippen molar-refractivity contribution in [3.8, 4) is 5.75 Å². The van der Waals surface area contributed by atoms with Gasteiger partial charge >= 0.3 is 0 Å². The number of methoxy groups -OCH3 is 1. The minimum atomic E-state index is -0.165. The van der Waals surface area contributed by atoms with E-state index in [0.29, 0.717) is 18.5 Å². The zero-order valence-electron chi connectivity index (χ0n) is 12.9. The van der Waals surface area contributed by atoms with E-state index in [-0.39, 0.29) is 18.4 Å². The maximum atomic E-state index is 12.5. The van der Waals surface area contributed by atoms with Gasteiger partial charge in [-0.1, -0.05) is 24.3 Å². The number of carbonyl (C=O) groups is 2. The summed E-state index contributed by atoms with van der Waals surface area (Å²) in [6.45, 7) is 0.0679. The van der Waals surface area contributed by atoms with Crippen molar-refractivity contribution in [1.82, 2.24) is 0 Å². The van der Waals surface area contributed by atoms with Crippen molar-refractivity contribution in [2.45, 2.75) is 12.8 Å². The van der Waals surface area contributed by atoms with E-state index < -0.39 is 0 Å². The van der Waals surface area contributed by atoms with Gasteiger partial charge in [-0.3, -0.25) is 9.59 Å². The highest BCUT2D eigenvalue weighted by Gasteiger charge is 2.26. The van der Waals surface area contributed by atoms with Gasteiger partial charge in [0.25, 0.3) is 0 Å². The predicted molar refractivity (Wildman–Crippen MR) is 88.7 cm³/mol. The summed E-state index contributed by atoms with van der Waals surface area (Å²) < 4.78 is 5.12. The van der Waals surface area contributed by atoms with Crippen LogP contribution in [0, 0.1) is 0 Å². The molecule has 1 N–H and O–H groups in total. The Labute approximate surface area is 134 Å². The molecule has 0 spiro atoms. The molecule has 1 heterocycles. The maximum absolute atomic E-state index is 12.5. The van der Waals surface area contributed by atoms with Crippen LogP contribution in [0.15, 0.2) is 48.5 Å². The normalized spacial score (nSPS) is 13.3. The van der Waals surface area contributed by atoms with Crippen LogP contribution < -0.4 is 15.0 Å². The van der Waals surface area contributed by atoms with Crippen molar-refractivity contribution < 1.29 is 14.3 Å². The van der Waals surface area contributed by atoms with Gasteiger partial charge in [0.2, 0.25) is 11.8 Å². The maximum Gasteiger partial charge on any atom is 0.244 e. The number of carbonyl (C=O) groups excluding carboxylic acids is 2. The molecule has 0 aliphatic carbocycles. The van der Waals surface area contributed by atoms with Crippen LogP contribution in [-0.4, -0.2) is 25.5 Å². The number of nitrogens with one attached hydrogen (secondary N) is 1. The molecule has 0 bridgehead atoms. The Morgan fingerprint density at radius 3 is 2.65 bits per heavy atom. The zero-order chi connectivity index (χ0) is 16.2. The second-order valence-corrected chi connectivity index (χ2v) is 5.39. The molecule has 0 fully saturated rings. The molecule has 1 aliphatic rings. The van der Waals surface area contributed by atoms with Gasteiger partial charge in [0.05, 0.1) is 18.5 Å². The summed E-state index contributed by atoms with van der Waals surface area (Å²) in [5.74, 6) is 0.575. The number of para-hydroxylation sites is 2. The summed E-state index contributed by atoms with van der Waals surface area (Å²) in [5.41, 5.74) is 2.50. The molecule has 2 aromatic carbocycles. The van der Waals surface area contributed by atoms with E-state index in [0.717, 1.165) is 17.0 Å². The highest BCUT2D eigenvalue weighted by atomic mass is 16.5. The Balaban J connectivity index is 1.69. The molecular formula is C18H18N2O3. The van der Waals surface area contributed by atoms with E-state index in [1.165, 1.54) is 0 Å². The van der Waals surface area contributed by atoms with Crippen LogP contribution in [-0.2, 0) is 16.0 Å². The topological polar surface area (TPSA) is 58.6 Å². The van der Waals surface area contributed by atoms with Crippen molar-refractivity contribution in [3.63, 3.8) is 0 Å². The molecular weight excluding hydrogens is 292 g/mol. The van der Waals surface area contributed by atoms with Crippen molar-refractivity contribution >= 4 is 23.2 Å². The third-order valence-electron chi connectivity index (χ3n) is 3.86. The molecule has 118 valence electrons. The average molecular weight is 310 g/mol. The van der Waals surface area contributed by atoms with Crippen LogP contribution in [0.4, 0.5) is 11.4 Å². The molecule has 2 aromatic rings. The lowest BCUT2D eigenvalue weighted by molar-refractivity contribution is -0.121. The number of amides is 2. The van der Waals surface area contributed by atoms with Gasteiger partial charge in [0.15, 0.2) is 0 Å². The number of rotatable bonds is 4. The fraction of sp³-hybridized carbons (Fsp3) is 0.222. The monoisotopic (exact) mass is 310 g/mol. The number of anilines is 2. The lowest BCUT2D eigenvalue weighted by Gasteiger charge is -2.29. The van der Waals surface area contributed by atoms with Gasteiger partial charge in [0.1, 0.15) is 12.3 Å².